The first-order valence-electron chi connectivity index (χ1n) is 13.8. The molecule has 0 aromatic heterocycles. The molecule has 6 N–H and O–H groups in total. The van der Waals surface area contributed by atoms with Crippen LogP contribution in [0.3, 0.4) is 0 Å². The van der Waals surface area contributed by atoms with E-state index in [2.05, 4.69) is 66.0 Å². The molecule has 0 aromatic rings. The van der Waals surface area contributed by atoms with Gasteiger partial charge in [-0.3, -0.25) is 9.59 Å². The minimum Gasteiger partial charge on any atom is -0.481 e. The fourth-order valence-corrected chi connectivity index (χ4v) is 6.12. The Morgan fingerprint density at radius 2 is 0.854 bits per heavy atom. The number of piperidine rings is 2. The van der Waals surface area contributed by atoms with E-state index in [0.29, 0.717) is 25.7 Å². The Labute approximate surface area is 283 Å². The molecule has 2 saturated heterocycles. The van der Waals surface area contributed by atoms with Crippen LogP contribution in [-0.2, 0) is 28.7 Å². The zero-order chi connectivity index (χ0) is 31.1. The summed E-state index contributed by atoms with van der Waals surface area (Å²) in [5.41, 5.74) is -0.547. The number of nitrogens with one attached hydrogen (secondary N) is 2. The maximum atomic E-state index is 11.2. The van der Waals surface area contributed by atoms with Crippen LogP contribution in [-0.4, -0.2) is 140 Å². The van der Waals surface area contributed by atoms with Crippen LogP contribution >= 0.6 is 0 Å². The van der Waals surface area contributed by atoms with Gasteiger partial charge in [-0.2, -0.15) is 0 Å². The van der Waals surface area contributed by atoms with Gasteiger partial charge in [-0.25, -0.2) is 9.59 Å². The first-order valence-corrected chi connectivity index (χ1v) is 13.8. The van der Waals surface area contributed by atoms with E-state index in [1.165, 1.54) is 0 Å². The standard InChI is InChI=1S/2C14H25NO5.Ba/c2*1-13(2)7-9(8-14(3,4)15-13)20-10(12(18)19)5-6-11(16)17;/h2*9-10,15H,5-8H2,1-4H3,(H,16,17)(H,18,19);. The van der Waals surface area contributed by atoms with Crippen molar-refractivity contribution in [1.29, 1.82) is 0 Å². The van der Waals surface area contributed by atoms with Gasteiger partial charge in [-0.15, -0.1) is 0 Å². The van der Waals surface area contributed by atoms with Crippen LogP contribution in [0.2, 0.25) is 0 Å². The van der Waals surface area contributed by atoms with Crippen molar-refractivity contribution in [3.05, 3.63) is 0 Å². The van der Waals surface area contributed by atoms with Crippen LogP contribution in [0.5, 0.6) is 0 Å². The number of rotatable bonds is 12. The van der Waals surface area contributed by atoms with Crippen molar-refractivity contribution < 1.29 is 49.1 Å². The van der Waals surface area contributed by atoms with Crippen molar-refractivity contribution in [3.8, 4) is 0 Å². The maximum absolute atomic E-state index is 11.2. The predicted molar refractivity (Wildman–Crippen MR) is 153 cm³/mol. The molecule has 2 heterocycles. The first-order chi connectivity index (χ1) is 18.0. The Bertz CT molecular complexity index is 802. The largest absolute Gasteiger partial charge is 0.481 e. The summed E-state index contributed by atoms with van der Waals surface area (Å²) < 4.78 is 11.3. The van der Waals surface area contributed by atoms with Gasteiger partial charge in [0.25, 0.3) is 0 Å². The van der Waals surface area contributed by atoms with E-state index in [4.69, 9.17) is 29.9 Å². The molecule has 12 nitrogen and oxygen atoms in total. The van der Waals surface area contributed by atoms with Crippen LogP contribution in [0, 0.1) is 0 Å². The molecule has 0 amide bonds. The number of ether oxygens (including phenoxy) is 2. The zero-order valence-electron chi connectivity index (χ0n) is 25.9. The summed E-state index contributed by atoms with van der Waals surface area (Å²) in [4.78, 5) is 43.5. The molecule has 0 saturated carbocycles. The summed E-state index contributed by atoms with van der Waals surface area (Å²) in [7, 11) is 0. The number of hydrogen-bond donors (Lipinski definition) is 6. The van der Waals surface area contributed by atoms with Gasteiger partial charge in [0.05, 0.1) is 12.2 Å². The molecule has 0 aromatic carbocycles. The SMILES string of the molecule is CC1(C)CC(OC(CCC(=O)O)C(=O)O)CC(C)(C)N1.CC1(C)CC(OC(CCC(=O)O)C(=O)O)CC(C)(C)N1.[Ba]. The molecule has 2 unspecified atom stereocenters. The molecule has 0 spiro atoms. The third kappa shape index (κ3) is 16.6. The molecular formula is C28H50BaN2O10. The van der Waals surface area contributed by atoms with Gasteiger partial charge in [0.2, 0.25) is 0 Å². The normalized spacial score (nSPS) is 22.6. The summed E-state index contributed by atoms with van der Waals surface area (Å²) in [6.45, 7) is 16.4. The van der Waals surface area contributed by atoms with Crippen molar-refractivity contribution in [1.82, 2.24) is 10.6 Å². The van der Waals surface area contributed by atoms with Crippen molar-refractivity contribution in [2.24, 2.45) is 0 Å². The summed E-state index contributed by atoms with van der Waals surface area (Å²) in [6, 6.07) is 0. The van der Waals surface area contributed by atoms with E-state index >= 15 is 0 Å². The van der Waals surface area contributed by atoms with Crippen LogP contribution < -0.4 is 10.6 Å². The van der Waals surface area contributed by atoms with Gasteiger partial charge in [0, 0.05) is 83.9 Å². The monoisotopic (exact) mass is 712 g/mol. The Morgan fingerprint density at radius 3 is 1.05 bits per heavy atom. The van der Waals surface area contributed by atoms with Crippen LogP contribution in [0.1, 0.15) is 107 Å². The van der Waals surface area contributed by atoms with Gasteiger partial charge >= 0.3 is 23.9 Å². The van der Waals surface area contributed by atoms with Crippen molar-refractivity contribution >= 4 is 72.8 Å². The van der Waals surface area contributed by atoms with Gasteiger partial charge in [-0.05, 0) is 93.9 Å². The van der Waals surface area contributed by atoms with Crippen LogP contribution in [0.4, 0.5) is 0 Å². The van der Waals surface area contributed by atoms with Gasteiger partial charge < -0.3 is 40.5 Å². The summed E-state index contributed by atoms with van der Waals surface area (Å²) >= 11 is 0. The van der Waals surface area contributed by atoms with E-state index < -0.39 is 36.1 Å². The number of carbonyl (C=O) groups is 4. The van der Waals surface area contributed by atoms with Gasteiger partial charge in [0.15, 0.2) is 12.2 Å². The fourth-order valence-electron chi connectivity index (χ4n) is 6.12. The van der Waals surface area contributed by atoms with Crippen molar-refractivity contribution in [3.63, 3.8) is 0 Å². The summed E-state index contributed by atoms with van der Waals surface area (Å²) in [6.07, 6.45) is -0.0796. The Morgan fingerprint density at radius 1 is 0.610 bits per heavy atom. The van der Waals surface area contributed by atoms with Crippen LogP contribution in [0.15, 0.2) is 0 Å². The number of aliphatic carboxylic acids is 4. The smallest absolute Gasteiger partial charge is 0.332 e. The molecule has 13 heteroatoms. The average Bonchev–Trinajstić information content (AvgIpc) is 2.69. The zero-order valence-corrected chi connectivity index (χ0v) is 30.4. The van der Waals surface area contributed by atoms with Crippen molar-refractivity contribution in [2.45, 2.75) is 153 Å². The predicted octanol–water partition coefficient (Wildman–Crippen LogP) is 2.88. The minimum atomic E-state index is -1.10. The molecule has 2 aliphatic heterocycles. The molecule has 2 atom stereocenters. The molecule has 41 heavy (non-hydrogen) atoms. The summed E-state index contributed by atoms with van der Waals surface area (Å²) in [5.74, 6) is -4.21. The number of carboxylic acids is 4. The third-order valence-electron chi connectivity index (χ3n) is 6.81. The fraction of sp³-hybridized carbons (Fsp3) is 0.857. The van der Waals surface area contributed by atoms with Gasteiger partial charge in [-0.1, -0.05) is 0 Å². The molecule has 2 radical (unpaired) electrons. The second kappa shape index (κ2) is 16.4. The van der Waals surface area contributed by atoms with E-state index in [-0.39, 0.29) is 109 Å². The first kappa shape index (κ1) is 40.3. The molecule has 234 valence electrons. The Balaban J connectivity index is 0.000000762. The van der Waals surface area contributed by atoms with Crippen molar-refractivity contribution in [2.75, 3.05) is 0 Å². The molecule has 0 aliphatic carbocycles. The van der Waals surface area contributed by atoms with E-state index in [0.717, 1.165) is 0 Å². The van der Waals surface area contributed by atoms with E-state index in [9.17, 15) is 19.2 Å². The topological polar surface area (TPSA) is 192 Å². The molecule has 2 rings (SSSR count). The minimum absolute atomic E-state index is 0. The number of carboxylic acid groups (broad SMARTS) is 4. The molecular weight excluding hydrogens is 662 g/mol. The number of hydrogen-bond acceptors (Lipinski definition) is 8. The average molecular weight is 712 g/mol. The quantitative estimate of drug-likeness (QED) is 0.163. The maximum Gasteiger partial charge on any atom is 0.332 e. The second-order valence-electron chi connectivity index (χ2n) is 13.6. The van der Waals surface area contributed by atoms with Crippen LogP contribution in [0.25, 0.3) is 0 Å². The van der Waals surface area contributed by atoms with E-state index in [1.54, 1.807) is 0 Å². The molecule has 0 bridgehead atoms. The van der Waals surface area contributed by atoms with Gasteiger partial charge in [0.1, 0.15) is 0 Å². The Hall–Kier alpha value is -0.709. The Kier molecular flexibility index (Phi) is 16.1. The third-order valence-corrected chi connectivity index (χ3v) is 6.81. The molecule has 2 fully saturated rings. The van der Waals surface area contributed by atoms with E-state index in [1.807, 2.05) is 0 Å². The summed E-state index contributed by atoms with van der Waals surface area (Å²) in [5, 5.41) is 42.6. The molecule has 2 aliphatic rings. The second-order valence-corrected chi connectivity index (χ2v) is 13.6.